The van der Waals surface area contributed by atoms with E-state index in [1.165, 1.54) is 0 Å². The van der Waals surface area contributed by atoms with Crippen LogP contribution in [0.1, 0.15) is 41.7 Å². The standard InChI is InChI=1S/C45H31N5O2.Ni/c1-28-43-41(31-18-10-4-11-19-31)37-26-24-35(47-37)39(29-14-6-2-7-15-29)33-22-23-34(46-33)40(30-16-8-3-9-17-30)36-25-27-38(48-36)42(32-20-12-5-13-21-32)44(49-43)45(28)50(51)52;/h2-28,45H,1H3;/q-2;+2. The number of benzene rings is 4. The van der Waals surface area contributed by atoms with E-state index in [0.29, 0.717) is 33.5 Å². The molecule has 0 amide bonds. The number of nitrogens with zero attached hydrogens (tertiary/aromatic N) is 5. The van der Waals surface area contributed by atoms with Crippen molar-refractivity contribution >= 4 is 34.2 Å². The van der Waals surface area contributed by atoms with Gasteiger partial charge in [0.15, 0.2) is 0 Å². The van der Waals surface area contributed by atoms with Crippen molar-refractivity contribution in [1.29, 1.82) is 0 Å². The summed E-state index contributed by atoms with van der Waals surface area (Å²) in [7, 11) is 0. The molecule has 4 aromatic carbocycles. The molecule has 0 fully saturated rings. The second kappa shape index (κ2) is 14.0. The number of hydrogen-bond acceptors (Lipinski definition) is 4. The Labute approximate surface area is 316 Å². The second-order valence-electron chi connectivity index (χ2n) is 13.0. The molecule has 7 nitrogen and oxygen atoms in total. The van der Waals surface area contributed by atoms with Crippen LogP contribution in [0.2, 0.25) is 0 Å². The van der Waals surface area contributed by atoms with E-state index < -0.39 is 12.0 Å². The average molecular weight is 732 g/mol. The molecule has 8 heteroatoms. The van der Waals surface area contributed by atoms with E-state index in [2.05, 4.69) is 24.3 Å². The fourth-order valence-electron chi connectivity index (χ4n) is 7.50. The van der Waals surface area contributed by atoms with Crippen LogP contribution < -0.4 is 9.97 Å². The van der Waals surface area contributed by atoms with E-state index in [1.807, 2.05) is 140 Å². The predicted molar refractivity (Wildman–Crippen MR) is 208 cm³/mol. The molecular weight excluding hydrogens is 701 g/mol. The zero-order valence-electron chi connectivity index (χ0n) is 28.5. The molecule has 7 aromatic rings. The minimum Gasteiger partial charge on any atom is -0.657 e. The Morgan fingerprint density at radius 1 is 0.491 bits per heavy atom. The van der Waals surface area contributed by atoms with Gasteiger partial charge in [-0.3, -0.25) is 10.1 Å². The Kier molecular flexibility index (Phi) is 8.91. The van der Waals surface area contributed by atoms with Gasteiger partial charge in [0, 0.05) is 4.92 Å². The van der Waals surface area contributed by atoms with E-state index in [4.69, 9.17) is 19.9 Å². The Hall–Kier alpha value is -6.37. The molecular formula is C45H31N5NiO2. The van der Waals surface area contributed by atoms with Crippen LogP contribution in [0.15, 0.2) is 146 Å². The van der Waals surface area contributed by atoms with Crippen LogP contribution in [0.4, 0.5) is 0 Å². The van der Waals surface area contributed by atoms with E-state index in [1.54, 1.807) is 0 Å². The van der Waals surface area contributed by atoms with E-state index in [-0.39, 0.29) is 21.4 Å². The van der Waals surface area contributed by atoms with Gasteiger partial charge in [-0.2, -0.15) is 0 Å². The monoisotopic (exact) mass is 731 g/mol. The van der Waals surface area contributed by atoms with Crippen LogP contribution >= 0.6 is 0 Å². The molecule has 0 aliphatic carbocycles. The third-order valence-corrected chi connectivity index (χ3v) is 9.87. The Bertz CT molecular complexity index is 2670. The minimum atomic E-state index is -1.11. The molecule has 5 heterocycles. The van der Waals surface area contributed by atoms with Crippen molar-refractivity contribution in [3.63, 3.8) is 0 Å². The Morgan fingerprint density at radius 2 is 0.830 bits per heavy atom. The van der Waals surface area contributed by atoms with Crippen molar-refractivity contribution < 1.29 is 21.4 Å². The molecule has 0 N–H and O–H groups in total. The normalized spacial score (nSPS) is 14.8. The van der Waals surface area contributed by atoms with Crippen molar-refractivity contribution in [3.05, 3.63) is 178 Å². The molecule has 9 rings (SSSR count). The smallest absolute Gasteiger partial charge is 0.657 e. The van der Waals surface area contributed by atoms with E-state index in [9.17, 15) is 10.1 Å². The first-order valence-corrected chi connectivity index (χ1v) is 17.3. The quantitative estimate of drug-likeness (QED) is 0.0993. The van der Waals surface area contributed by atoms with E-state index in [0.717, 1.165) is 55.8 Å². The molecule has 3 aromatic heterocycles. The molecule has 2 aliphatic rings. The maximum atomic E-state index is 13.1. The number of aromatic nitrogens is 4. The van der Waals surface area contributed by atoms with Crippen LogP contribution in [0.3, 0.4) is 0 Å². The van der Waals surface area contributed by atoms with Gasteiger partial charge in [-0.05, 0) is 63.6 Å². The molecule has 0 radical (unpaired) electrons. The van der Waals surface area contributed by atoms with Gasteiger partial charge >= 0.3 is 16.5 Å². The van der Waals surface area contributed by atoms with Crippen LogP contribution in [-0.2, 0) is 16.5 Å². The van der Waals surface area contributed by atoms with Gasteiger partial charge in [0.2, 0.25) is 0 Å². The molecule has 8 bridgehead atoms. The molecule has 53 heavy (non-hydrogen) atoms. The average Bonchev–Trinajstić information content (AvgIpc) is 4.00. The van der Waals surface area contributed by atoms with Crippen LogP contribution in [0.25, 0.3) is 78.7 Å². The van der Waals surface area contributed by atoms with Crippen molar-refractivity contribution in [2.24, 2.45) is 0 Å². The summed E-state index contributed by atoms with van der Waals surface area (Å²) in [5.41, 5.74) is 12.1. The maximum Gasteiger partial charge on any atom is 2.00 e. The van der Waals surface area contributed by atoms with Gasteiger partial charge in [-0.1, -0.05) is 146 Å². The fourth-order valence-corrected chi connectivity index (χ4v) is 7.50. The van der Waals surface area contributed by atoms with Crippen LogP contribution in [0, 0.1) is 10.1 Å². The number of hydrogen-bond donors (Lipinski definition) is 0. The SMILES string of the molecule is CC1c2nc(c(-c3ccccc3)c3ccc([n-]3)c(-c3ccccc3)c3nc(c(-c4ccccc4)c4ccc([n-]4)c2-c2ccccc2)C=C3)C1[N+](=O)[O-].[Ni+2]. The van der Waals surface area contributed by atoms with Crippen LogP contribution in [-0.4, -0.2) is 14.9 Å². The number of fused-ring (bicyclic) bond motifs is 8. The topological polar surface area (TPSA) is 97.1 Å². The van der Waals surface area contributed by atoms with Crippen LogP contribution in [0.5, 0.6) is 0 Å². The van der Waals surface area contributed by atoms with Gasteiger partial charge in [-0.15, -0.1) is 22.1 Å². The molecule has 2 atom stereocenters. The van der Waals surface area contributed by atoms with Crippen molar-refractivity contribution in [1.82, 2.24) is 19.9 Å². The molecule has 0 saturated heterocycles. The largest absolute Gasteiger partial charge is 2.00 e. The number of nitro groups is 1. The summed E-state index contributed by atoms with van der Waals surface area (Å²) in [5.74, 6) is -0.563. The number of rotatable bonds is 5. The van der Waals surface area contributed by atoms with Crippen molar-refractivity contribution in [2.45, 2.75) is 18.9 Å². The molecule has 0 spiro atoms. The summed E-state index contributed by atoms with van der Waals surface area (Å²) in [4.78, 5) is 34.0. The summed E-state index contributed by atoms with van der Waals surface area (Å²) in [6, 6.07) is 46.7. The second-order valence-corrected chi connectivity index (χ2v) is 13.0. The van der Waals surface area contributed by atoms with Gasteiger partial charge in [0.05, 0.1) is 23.0 Å². The molecule has 0 saturated carbocycles. The summed E-state index contributed by atoms with van der Waals surface area (Å²) in [5, 5.41) is 13.1. The predicted octanol–water partition coefficient (Wildman–Crippen LogP) is 10.5. The minimum absolute atomic E-state index is 0. The Balaban J connectivity index is 0.00000400. The zero-order chi connectivity index (χ0) is 35.2. The third kappa shape index (κ3) is 5.97. The maximum absolute atomic E-state index is 13.1. The Morgan fingerprint density at radius 3 is 1.21 bits per heavy atom. The molecule has 2 unspecified atom stereocenters. The van der Waals surface area contributed by atoms with E-state index >= 15 is 0 Å². The summed E-state index contributed by atoms with van der Waals surface area (Å²) in [6.45, 7) is 1.89. The zero-order valence-corrected chi connectivity index (χ0v) is 29.5. The summed E-state index contributed by atoms with van der Waals surface area (Å²) >= 11 is 0. The first-order chi connectivity index (χ1) is 25.5. The van der Waals surface area contributed by atoms with Gasteiger partial charge in [0.1, 0.15) is 5.69 Å². The van der Waals surface area contributed by atoms with Gasteiger partial charge < -0.3 is 9.97 Å². The van der Waals surface area contributed by atoms with Crippen molar-refractivity contribution in [3.8, 4) is 44.5 Å². The first-order valence-electron chi connectivity index (χ1n) is 17.3. The van der Waals surface area contributed by atoms with Gasteiger partial charge in [-0.25, -0.2) is 9.97 Å². The van der Waals surface area contributed by atoms with Gasteiger partial charge in [0.25, 0.3) is 6.04 Å². The summed E-state index contributed by atoms with van der Waals surface area (Å²) in [6.07, 6.45) is 4.08. The first kappa shape index (κ1) is 33.8. The molecule has 2 aliphatic heterocycles. The van der Waals surface area contributed by atoms with Crippen molar-refractivity contribution in [2.75, 3.05) is 0 Å². The summed E-state index contributed by atoms with van der Waals surface area (Å²) < 4.78 is 0. The fraction of sp³-hybridized carbons (Fsp3) is 0.0667. The molecule has 258 valence electrons. The third-order valence-electron chi connectivity index (χ3n) is 9.87.